The Kier molecular flexibility index (Phi) is 4.26. The SMILES string of the molecule is COC(=O)C(=O)C1=C(c2ccco2)NC(=S)NC1c1cccs1. The van der Waals surface area contributed by atoms with Crippen LogP contribution in [0.1, 0.15) is 16.7 Å². The number of hydrogen-bond acceptors (Lipinski definition) is 6. The lowest BCUT2D eigenvalue weighted by atomic mass is 9.96. The van der Waals surface area contributed by atoms with Crippen molar-refractivity contribution < 1.29 is 18.7 Å². The number of ether oxygens (including phenoxy) is 1. The Morgan fingerprint density at radius 2 is 2.17 bits per heavy atom. The monoisotopic (exact) mass is 348 g/mol. The molecule has 1 aliphatic heterocycles. The molecule has 1 unspecified atom stereocenters. The van der Waals surface area contributed by atoms with Gasteiger partial charge in [0.25, 0.3) is 5.78 Å². The van der Waals surface area contributed by atoms with E-state index in [0.29, 0.717) is 16.6 Å². The molecule has 0 saturated carbocycles. The molecule has 0 amide bonds. The lowest BCUT2D eigenvalue weighted by Gasteiger charge is -2.29. The number of thiocarbonyl (C=S) groups is 1. The first-order valence-electron chi connectivity index (χ1n) is 6.63. The molecule has 118 valence electrons. The summed E-state index contributed by atoms with van der Waals surface area (Å²) in [7, 11) is 1.17. The molecule has 6 nitrogen and oxygen atoms in total. The minimum atomic E-state index is -0.943. The molecule has 0 fully saturated rings. The molecule has 0 aromatic carbocycles. The Bertz CT molecular complexity index is 779. The minimum absolute atomic E-state index is 0.211. The number of ketones is 1. The van der Waals surface area contributed by atoms with Crippen LogP contribution in [0.3, 0.4) is 0 Å². The normalized spacial score (nSPS) is 17.4. The molecule has 0 spiro atoms. The van der Waals surface area contributed by atoms with Gasteiger partial charge in [-0.15, -0.1) is 11.3 Å². The zero-order chi connectivity index (χ0) is 16.4. The smallest absolute Gasteiger partial charge is 0.379 e. The van der Waals surface area contributed by atoms with Crippen LogP contribution in [0.2, 0.25) is 0 Å². The van der Waals surface area contributed by atoms with Crippen LogP contribution in [0.25, 0.3) is 5.70 Å². The number of furan rings is 1. The Morgan fingerprint density at radius 3 is 2.78 bits per heavy atom. The summed E-state index contributed by atoms with van der Waals surface area (Å²) < 4.78 is 9.96. The van der Waals surface area contributed by atoms with Crippen LogP contribution in [0, 0.1) is 0 Å². The maximum Gasteiger partial charge on any atom is 0.379 e. The highest BCUT2D eigenvalue weighted by Crippen LogP contribution is 2.34. The summed E-state index contributed by atoms with van der Waals surface area (Å²) >= 11 is 6.67. The van der Waals surface area contributed by atoms with Crippen molar-refractivity contribution >= 4 is 46.1 Å². The molecule has 23 heavy (non-hydrogen) atoms. The van der Waals surface area contributed by atoms with Gasteiger partial charge in [0.2, 0.25) is 0 Å². The van der Waals surface area contributed by atoms with Crippen LogP contribution in [0.5, 0.6) is 0 Å². The van der Waals surface area contributed by atoms with E-state index in [9.17, 15) is 9.59 Å². The van der Waals surface area contributed by atoms with Crippen molar-refractivity contribution in [2.24, 2.45) is 0 Å². The van der Waals surface area contributed by atoms with Gasteiger partial charge in [0.05, 0.1) is 30.7 Å². The maximum atomic E-state index is 12.6. The first-order valence-corrected chi connectivity index (χ1v) is 7.92. The average Bonchev–Trinajstić information content (AvgIpc) is 3.25. The fraction of sp³-hybridized carbons (Fsp3) is 0.133. The van der Waals surface area contributed by atoms with Crippen molar-refractivity contribution in [3.05, 3.63) is 52.1 Å². The summed E-state index contributed by atoms with van der Waals surface area (Å²) in [5.74, 6) is -1.27. The van der Waals surface area contributed by atoms with Gasteiger partial charge in [0, 0.05) is 4.88 Å². The summed E-state index contributed by atoms with van der Waals surface area (Å²) in [5.41, 5.74) is 0.579. The molecular weight excluding hydrogens is 336 g/mol. The number of rotatable bonds is 4. The van der Waals surface area contributed by atoms with E-state index in [1.54, 1.807) is 12.1 Å². The van der Waals surface area contributed by atoms with E-state index in [1.165, 1.54) is 24.7 Å². The molecule has 3 rings (SSSR count). The van der Waals surface area contributed by atoms with E-state index in [-0.39, 0.29) is 5.57 Å². The lowest BCUT2D eigenvalue weighted by Crippen LogP contribution is -2.45. The number of thiophene rings is 1. The predicted molar refractivity (Wildman–Crippen MR) is 88.6 cm³/mol. The Morgan fingerprint density at radius 1 is 1.35 bits per heavy atom. The van der Waals surface area contributed by atoms with Gasteiger partial charge >= 0.3 is 5.97 Å². The Labute approximate surface area is 141 Å². The maximum absolute atomic E-state index is 12.6. The Hall–Kier alpha value is -2.45. The van der Waals surface area contributed by atoms with Crippen molar-refractivity contribution in [1.29, 1.82) is 0 Å². The summed E-state index contributed by atoms with van der Waals surface area (Å²) in [6.07, 6.45) is 1.48. The Balaban J connectivity index is 2.18. The van der Waals surface area contributed by atoms with Crippen molar-refractivity contribution in [1.82, 2.24) is 10.6 Å². The molecule has 2 N–H and O–H groups in total. The predicted octanol–water partition coefficient (Wildman–Crippen LogP) is 2.01. The zero-order valence-electron chi connectivity index (χ0n) is 12.0. The number of nitrogens with one attached hydrogen (secondary N) is 2. The largest absolute Gasteiger partial charge is 0.463 e. The number of esters is 1. The first-order chi connectivity index (χ1) is 11.1. The molecule has 0 bridgehead atoms. The minimum Gasteiger partial charge on any atom is -0.463 e. The van der Waals surface area contributed by atoms with Crippen molar-refractivity contribution in [3.63, 3.8) is 0 Å². The highest BCUT2D eigenvalue weighted by atomic mass is 32.1. The molecule has 3 heterocycles. The van der Waals surface area contributed by atoms with Gasteiger partial charge in [-0.1, -0.05) is 6.07 Å². The topological polar surface area (TPSA) is 80.6 Å². The van der Waals surface area contributed by atoms with Crippen LogP contribution in [0.4, 0.5) is 0 Å². The molecule has 8 heteroatoms. The third kappa shape index (κ3) is 2.90. The van der Waals surface area contributed by atoms with Gasteiger partial charge in [0.15, 0.2) is 10.9 Å². The van der Waals surface area contributed by atoms with E-state index in [4.69, 9.17) is 16.6 Å². The fourth-order valence-corrected chi connectivity index (χ4v) is 3.30. The van der Waals surface area contributed by atoms with Crippen LogP contribution in [-0.4, -0.2) is 24.0 Å². The van der Waals surface area contributed by atoms with Crippen LogP contribution in [-0.2, 0) is 14.3 Å². The highest BCUT2D eigenvalue weighted by molar-refractivity contribution is 7.80. The van der Waals surface area contributed by atoms with Gasteiger partial charge in [0.1, 0.15) is 0 Å². The number of carbonyl (C=O) groups excluding carboxylic acids is 2. The zero-order valence-corrected chi connectivity index (χ0v) is 13.6. The summed E-state index contributed by atoms with van der Waals surface area (Å²) in [6.45, 7) is 0. The number of hydrogen-bond donors (Lipinski definition) is 2. The van der Waals surface area contributed by atoms with Gasteiger partial charge in [-0.3, -0.25) is 4.79 Å². The van der Waals surface area contributed by atoms with Gasteiger partial charge in [-0.2, -0.15) is 0 Å². The molecule has 1 aliphatic rings. The summed E-state index contributed by atoms with van der Waals surface area (Å²) in [4.78, 5) is 25.2. The van der Waals surface area contributed by atoms with Gasteiger partial charge in [-0.25, -0.2) is 4.79 Å². The quantitative estimate of drug-likeness (QED) is 0.497. The molecule has 0 saturated heterocycles. The summed E-state index contributed by atoms with van der Waals surface area (Å²) in [6, 6.07) is 6.55. The third-order valence-corrected chi connectivity index (χ3v) is 4.44. The van der Waals surface area contributed by atoms with Crippen molar-refractivity contribution in [2.75, 3.05) is 7.11 Å². The second-order valence-electron chi connectivity index (χ2n) is 4.63. The van der Waals surface area contributed by atoms with E-state index >= 15 is 0 Å². The second-order valence-corrected chi connectivity index (χ2v) is 6.02. The molecule has 0 radical (unpaired) electrons. The number of methoxy groups -OCH3 is 1. The van der Waals surface area contributed by atoms with Crippen molar-refractivity contribution in [3.8, 4) is 0 Å². The molecule has 0 aliphatic carbocycles. The van der Waals surface area contributed by atoms with E-state index < -0.39 is 17.8 Å². The van der Waals surface area contributed by atoms with Gasteiger partial charge in [-0.05, 0) is 35.8 Å². The van der Waals surface area contributed by atoms with E-state index in [0.717, 1.165) is 4.88 Å². The van der Waals surface area contributed by atoms with Crippen LogP contribution < -0.4 is 10.6 Å². The molecular formula is C15H12N2O4S2. The molecule has 1 atom stereocenters. The highest BCUT2D eigenvalue weighted by Gasteiger charge is 2.36. The fourth-order valence-electron chi connectivity index (χ4n) is 2.30. The van der Waals surface area contributed by atoms with E-state index in [1.807, 2.05) is 17.5 Å². The lowest BCUT2D eigenvalue weighted by molar-refractivity contribution is -0.150. The van der Waals surface area contributed by atoms with Gasteiger partial charge < -0.3 is 19.8 Å². The standard InChI is InChI=1S/C15H12N2O4S2/c1-20-14(19)13(18)10-11(8-4-2-6-21-8)16-15(22)17-12(10)9-5-3-7-23-9/h2-7,12H,1H3,(H2,16,17,22). The molecule has 2 aromatic heterocycles. The average molecular weight is 348 g/mol. The van der Waals surface area contributed by atoms with Crippen LogP contribution >= 0.6 is 23.6 Å². The number of Topliss-reactive ketones (excluding diaryl/α,β-unsaturated/α-hetero) is 1. The second kappa shape index (κ2) is 6.35. The summed E-state index contributed by atoms with van der Waals surface area (Å²) in [5, 5.41) is 8.15. The number of carbonyl (C=O) groups is 2. The van der Waals surface area contributed by atoms with Crippen LogP contribution in [0.15, 0.2) is 45.9 Å². The first kappa shape index (κ1) is 15.4. The van der Waals surface area contributed by atoms with Crippen molar-refractivity contribution in [2.45, 2.75) is 6.04 Å². The van der Waals surface area contributed by atoms with E-state index in [2.05, 4.69) is 15.4 Å². The third-order valence-electron chi connectivity index (χ3n) is 3.28. The molecule has 2 aromatic rings.